The van der Waals surface area contributed by atoms with Gasteiger partial charge in [-0.05, 0) is 52.2 Å². The van der Waals surface area contributed by atoms with Gasteiger partial charge in [-0.2, -0.15) is 0 Å². The highest BCUT2D eigenvalue weighted by Crippen LogP contribution is 2.28. The zero-order valence-electron chi connectivity index (χ0n) is 11.3. The number of hydrogen-bond acceptors (Lipinski definition) is 2. The van der Waals surface area contributed by atoms with E-state index in [4.69, 9.17) is 16.0 Å². The van der Waals surface area contributed by atoms with E-state index < -0.39 is 0 Å². The first kappa shape index (κ1) is 14.4. The number of Topliss-reactive ketones (excluding diaryl/α,β-unsaturated/α-hetero) is 1. The number of furan rings is 1. The van der Waals surface area contributed by atoms with Gasteiger partial charge in [0.15, 0.2) is 5.76 Å². The molecule has 3 rings (SSSR count). The predicted octanol–water partition coefficient (Wildman–Crippen LogP) is 5.58. The van der Waals surface area contributed by atoms with Crippen molar-refractivity contribution in [2.45, 2.75) is 13.3 Å². The highest BCUT2D eigenvalue weighted by molar-refractivity contribution is 9.10. The van der Waals surface area contributed by atoms with Gasteiger partial charge in [-0.25, -0.2) is 0 Å². The van der Waals surface area contributed by atoms with Crippen molar-refractivity contribution < 1.29 is 9.21 Å². The Kier molecular flexibility index (Phi) is 3.87. The van der Waals surface area contributed by atoms with Gasteiger partial charge in [-0.1, -0.05) is 35.9 Å². The van der Waals surface area contributed by atoms with Gasteiger partial charge in [0.25, 0.3) is 0 Å². The molecule has 0 saturated carbocycles. The van der Waals surface area contributed by atoms with Gasteiger partial charge in [-0.3, -0.25) is 4.79 Å². The second-order valence-electron chi connectivity index (χ2n) is 4.96. The zero-order chi connectivity index (χ0) is 15.0. The van der Waals surface area contributed by atoms with E-state index in [0.717, 1.165) is 21.0 Å². The fraction of sp³-hybridized carbons (Fsp3) is 0.118. The van der Waals surface area contributed by atoms with Crippen LogP contribution in [0.15, 0.2) is 51.4 Å². The molecule has 1 aromatic heterocycles. The smallest absolute Gasteiger partial charge is 0.202 e. The minimum Gasteiger partial charge on any atom is -0.452 e. The van der Waals surface area contributed by atoms with Crippen molar-refractivity contribution in [2.75, 3.05) is 0 Å². The highest BCUT2D eigenvalue weighted by Gasteiger charge is 2.15. The third-order valence-electron chi connectivity index (χ3n) is 3.33. The lowest BCUT2D eigenvalue weighted by Gasteiger charge is -2.03. The molecular formula is C17H12BrClO2. The number of carbonyl (C=O) groups excluding carboxylic acids is 1. The summed E-state index contributed by atoms with van der Waals surface area (Å²) in [7, 11) is 0. The molecule has 0 radical (unpaired) electrons. The first-order valence-electron chi connectivity index (χ1n) is 6.51. The Morgan fingerprint density at radius 1 is 1.24 bits per heavy atom. The first-order chi connectivity index (χ1) is 10.0. The van der Waals surface area contributed by atoms with Crippen molar-refractivity contribution in [2.24, 2.45) is 0 Å². The number of halogens is 2. The molecule has 0 aliphatic rings. The van der Waals surface area contributed by atoms with Crippen LogP contribution in [0.5, 0.6) is 0 Å². The van der Waals surface area contributed by atoms with Crippen molar-refractivity contribution in [3.63, 3.8) is 0 Å². The number of aryl methyl sites for hydroxylation is 1. The van der Waals surface area contributed by atoms with Crippen molar-refractivity contribution in [3.8, 4) is 0 Å². The summed E-state index contributed by atoms with van der Waals surface area (Å²) in [6.45, 7) is 1.97. The van der Waals surface area contributed by atoms with E-state index in [-0.39, 0.29) is 12.2 Å². The zero-order valence-corrected chi connectivity index (χ0v) is 13.7. The van der Waals surface area contributed by atoms with E-state index in [2.05, 4.69) is 15.9 Å². The standard InChI is InChI=1S/C17H12BrClO2/c1-10-5-6-11(14(19)7-10)8-15(20)16-9-12-3-2-4-13(18)17(12)21-16/h2-7,9H,8H2,1H3. The van der Waals surface area contributed by atoms with Crippen molar-refractivity contribution >= 4 is 44.3 Å². The molecule has 4 heteroatoms. The van der Waals surface area contributed by atoms with Crippen LogP contribution in [-0.4, -0.2) is 5.78 Å². The SMILES string of the molecule is Cc1ccc(CC(=O)c2cc3cccc(Br)c3o2)c(Cl)c1. The lowest BCUT2D eigenvalue weighted by Crippen LogP contribution is -2.02. The monoisotopic (exact) mass is 362 g/mol. The van der Waals surface area contributed by atoms with Crippen LogP contribution in [0.2, 0.25) is 5.02 Å². The second-order valence-corrected chi connectivity index (χ2v) is 6.23. The van der Waals surface area contributed by atoms with Gasteiger partial charge < -0.3 is 4.42 Å². The second kappa shape index (κ2) is 5.66. The summed E-state index contributed by atoms with van der Waals surface area (Å²) in [6.07, 6.45) is 0.233. The molecule has 0 fully saturated rings. The van der Waals surface area contributed by atoms with E-state index in [1.807, 2.05) is 43.3 Å². The van der Waals surface area contributed by atoms with Gasteiger partial charge in [-0.15, -0.1) is 0 Å². The van der Waals surface area contributed by atoms with Crippen LogP contribution < -0.4 is 0 Å². The van der Waals surface area contributed by atoms with E-state index in [1.54, 1.807) is 6.07 Å². The molecule has 0 spiro atoms. The van der Waals surface area contributed by atoms with Crippen LogP contribution in [0.3, 0.4) is 0 Å². The van der Waals surface area contributed by atoms with Crippen LogP contribution in [-0.2, 0) is 6.42 Å². The summed E-state index contributed by atoms with van der Waals surface area (Å²) in [6, 6.07) is 13.2. The number of ketones is 1. The molecule has 1 heterocycles. The fourth-order valence-electron chi connectivity index (χ4n) is 2.22. The molecule has 0 saturated heterocycles. The van der Waals surface area contributed by atoms with E-state index in [9.17, 15) is 4.79 Å². The largest absolute Gasteiger partial charge is 0.452 e. The molecule has 0 N–H and O–H groups in total. The first-order valence-corrected chi connectivity index (χ1v) is 7.68. The summed E-state index contributed by atoms with van der Waals surface area (Å²) < 4.78 is 6.50. The maximum absolute atomic E-state index is 12.4. The summed E-state index contributed by atoms with van der Waals surface area (Å²) >= 11 is 9.59. The van der Waals surface area contributed by atoms with Crippen LogP contribution in [0, 0.1) is 6.92 Å². The molecule has 106 valence electrons. The van der Waals surface area contributed by atoms with Crippen molar-refractivity contribution in [1.82, 2.24) is 0 Å². The Balaban J connectivity index is 1.92. The number of para-hydroxylation sites is 1. The lowest BCUT2D eigenvalue weighted by atomic mass is 10.1. The molecule has 0 aliphatic heterocycles. The van der Waals surface area contributed by atoms with Crippen LogP contribution in [0.4, 0.5) is 0 Å². The molecule has 3 aromatic rings. The van der Waals surface area contributed by atoms with Gasteiger partial charge in [0.05, 0.1) is 4.47 Å². The summed E-state index contributed by atoms with van der Waals surface area (Å²) in [5, 5.41) is 1.52. The fourth-order valence-corrected chi connectivity index (χ4v) is 2.99. The van der Waals surface area contributed by atoms with E-state index in [1.165, 1.54) is 0 Å². The average molecular weight is 364 g/mol. The van der Waals surface area contributed by atoms with Gasteiger partial charge in [0.2, 0.25) is 5.78 Å². The molecule has 0 atom stereocenters. The number of fused-ring (bicyclic) bond motifs is 1. The predicted molar refractivity (Wildman–Crippen MR) is 88.1 cm³/mol. The average Bonchev–Trinajstić information content (AvgIpc) is 2.87. The Morgan fingerprint density at radius 3 is 2.76 bits per heavy atom. The number of hydrogen-bond donors (Lipinski definition) is 0. The number of carbonyl (C=O) groups is 1. The van der Waals surface area contributed by atoms with Gasteiger partial charge >= 0.3 is 0 Å². The van der Waals surface area contributed by atoms with Gasteiger partial charge in [0, 0.05) is 16.8 Å². The minimum absolute atomic E-state index is 0.0798. The van der Waals surface area contributed by atoms with Crippen LogP contribution in [0.25, 0.3) is 11.0 Å². The maximum atomic E-state index is 12.4. The van der Waals surface area contributed by atoms with Gasteiger partial charge in [0.1, 0.15) is 5.58 Å². The molecule has 0 aliphatic carbocycles. The van der Waals surface area contributed by atoms with Crippen molar-refractivity contribution in [1.29, 1.82) is 0 Å². The normalized spacial score (nSPS) is 11.0. The third kappa shape index (κ3) is 2.89. The van der Waals surface area contributed by atoms with Crippen molar-refractivity contribution in [3.05, 3.63) is 68.8 Å². The summed E-state index contributed by atoms with van der Waals surface area (Å²) in [5.74, 6) is 0.275. The Labute approximate surface area is 135 Å². The third-order valence-corrected chi connectivity index (χ3v) is 4.31. The summed E-state index contributed by atoms with van der Waals surface area (Å²) in [5.41, 5.74) is 2.58. The van der Waals surface area contributed by atoms with E-state index >= 15 is 0 Å². The molecule has 0 amide bonds. The Hall–Kier alpha value is -1.58. The lowest BCUT2D eigenvalue weighted by molar-refractivity contribution is 0.0968. The molecular weight excluding hydrogens is 352 g/mol. The molecule has 21 heavy (non-hydrogen) atoms. The van der Waals surface area contributed by atoms with E-state index in [0.29, 0.717) is 16.4 Å². The maximum Gasteiger partial charge on any atom is 0.202 e. The highest BCUT2D eigenvalue weighted by atomic mass is 79.9. The molecule has 2 nitrogen and oxygen atoms in total. The number of rotatable bonds is 3. The molecule has 0 bridgehead atoms. The molecule has 0 unspecified atom stereocenters. The topological polar surface area (TPSA) is 30.2 Å². The molecule has 2 aromatic carbocycles. The Bertz CT molecular complexity index is 836. The quantitative estimate of drug-likeness (QED) is 0.568. The summed E-state index contributed by atoms with van der Waals surface area (Å²) in [4.78, 5) is 12.4. The van der Waals surface area contributed by atoms with Crippen LogP contribution >= 0.6 is 27.5 Å². The Morgan fingerprint density at radius 2 is 2.05 bits per heavy atom. The number of benzene rings is 2. The van der Waals surface area contributed by atoms with Crippen LogP contribution in [0.1, 0.15) is 21.7 Å². The minimum atomic E-state index is -0.0798.